The average Bonchev–Trinajstić information content (AvgIpc) is 2.29. The van der Waals surface area contributed by atoms with Gasteiger partial charge in [0.25, 0.3) is 0 Å². The third-order valence-electron chi connectivity index (χ3n) is 2.35. The number of aromatic hydroxyl groups is 2. The standard InChI is InChI=1S/C13H11NO2/c14-13(9-5-1-3-7-11(9)15)10-6-2-4-8-12(10)16/h1-8,14-16H. The van der Waals surface area contributed by atoms with Gasteiger partial charge in [0.05, 0.1) is 5.71 Å². The normalized spacial score (nSPS) is 10.0. The zero-order valence-electron chi connectivity index (χ0n) is 8.51. The summed E-state index contributed by atoms with van der Waals surface area (Å²) in [5.41, 5.74) is 0.921. The summed E-state index contributed by atoms with van der Waals surface area (Å²) >= 11 is 0. The summed E-state index contributed by atoms with van der Waals surface area (Å²) in [6.45, 7) is 0. The number of nitrogens with one attached hydrogen (secondary N) is 1. The van der Waals surface area contributed by atoms with Crippen molar-refractivity contribution in [2.75, 3.05) is 0 Å². The molecule has 16 heavy (non-hydrogen) atoms. The van der Waals surface area contributed by atoms with Gasteiger partial charge in [0, 0.05) is 11.1 Å². The molecule has 0 radical (unpaired) electrons. The molecule has 80 valence electrons. The molecule has 0 aromatic heterocycles. The summed E-state index contributed by atoms with van der Waals surface area (Å²) in [5.74, 6) is 0.0755. The van der Waals surface area contributed by atoms with E-state index in [9.17, 15) is 10.2 Å². The fourth-order valence-corrected chi connectivity index (χ4v) is 1.52. The second-order valence-electron chi connectivity index (χ2n) is 3.41. The van der Waals surface area contributed by atoms with Crippen LogP contribution in [0, 0.1) is 5.41 Å². The molecule has 0 aliphatic heterocycles. The van der Waals surface area contributed by atoms with E-state index in [0.717, 1.165) is 0 Å². The number of hydrogen-bond donors (Lipinski definition) is 3. The van der Waals surface area contributed by atoms with Gasteiger partial charge in [-0.1, -0.05) is 24.3 Å². The molecule has 2 rings (SSSR count). The summed E-state index contributed by atoms with van der Waals surface area (Å²) in [6.07, 6.45) is 0. The van der Waals surface area contributed by atoms with Gasteiger partial charge in [-0.05, 0) is 24.3 Å². The molecule has 0 spiro atoms. The highest BCUT2D eigenvalue weighted by atomic mass is 16.3. The Morgan fingerprint density at radius 1 is 0.750 bits per heavy atom. The molecule has 3 nitrogen and oxygen atoms in total. The zero-order valence-corrected chi connectivity index (χ0v) is 8.51. The van der Waals surface area contributed by atoms with Crippen LogP contribution in [0.2, 0.25) is 0 Å². The maximum Gasteiger partial charge on any atom is 0.124 e. The highest BCUT2D eigenvalue weighted by Crippen LogP contribution is 2.24. The van der Waals surface area contributed by atoms with Crippen molar-refractivity contribution in [2.45, 2.75) is 0 Å². The molecule has 0 heterocycles. The lowest BCUT2D eigenvalue weighted by molar-refractivity contribution is 0.472. The van der Waals surface area contributed by atoms with Gasteiger partial charge in [-0.25, -0.2) is 0 Å². The van der Waals surface area contributed by atoms with Gasteiger partial charge >= 0.3 is 0 Å². The summed E-state index contributed by atoms with van der Waals surface area (Å²) in [5, 5.41) is 27.2. The number of rotatable bonds is 2. The summed E-state index contributed by atoms with van der Waals surface area (Å²) in [7, 11) is 0. The van der Waals surface area contributed by atoms with Gasteiger partial charge in [-0.15, -0.1) is 0 Å². The number of para-hydroxylation sites is 2. The molecule has 3 heteroatoms. The Morgan fingerprint density at radius 2 is 1.12 bits per heavy atom. The molecule has 0 amide bonds. The molecule has 0 fully saturated rings. The van der Waals surface area contributed by atoms with Crippen LogP contribution in [0.15, 0.2) is 48.5 Å². The van der Waals surface area contributed by atoms with E-state index in [4.69, 9.17) is 5.41 Å². The molecular formula is C13H11NO2. The van der Waals surface area contributed by atoms with Crippen molar-refractivity contribution in [1.29, 1.82) is 5.41 Å². The topological polar surface area (TPSA) is 64.3 Å². The van der Waals surface area contributed by atoms with Crippen molar-refractivity contribution < 1.29 is 10.2 Å². The Hall–Kier alpha value is -2.29. The first-order valence-electron chi connectivity index (χ1n) is 4.85. The number of phenolic OH excluding ortho intramolecular Hbond substituents is 2. The lowest BCUT2D eigenvalue weighted by Crippen LogP contribution is -2.01. The third kappa shape index (κ3) is 1.75. The number of phenols is 2. The Kier molecular flexibility index (Phi) is 2.60. The highest BCUT2D eigenvalue weighted by Gasteiger charge is 2.11. The van der Waals surface area contributed by atoms with Crippen molar-refractivity contribution in [3.05, 3.63) is 59.7 Å². The lowest BCUT2D eigenvalue weighted by atomic mass is 10.0. The molecule has 0 unspecified atom stereocenters. The van der Waals surface area contributed by atoms with Crippen molar-refractivity contribution in [3.63, 3.8) is 0 Å². The summed E-state index contributed by atoms with van der Waals surface area (Å²) in [6, 6.07) is 13.2. The Labute approximate surface area is 93.1 Å². The smallest absolute Gasteiger partial charge is 0.124 e. The Balaban J connectivity index is 2.48. The maximum atomic E-state index is 9.61. The Bertz CT molecular complexity index is 487. The largest absolute Gasteiger partial charge is 0.507 e. The number of benzene rings is 2. The average molecular weight is 213 g/mol. The fraction of sp³-hybridized carbons (Fsp3) is 0. The van der Waals surface area contributed by atoms with Crippen molar-refractivity contribution in [1.82, 2.24) is 0 Å². The van der Waals surface area contributed by atoms with Crippen LogP contribution < -0.4 is 0 Å². The van der Waals surface area contributed by atoms with Crippen molar-refractivity contribution in [2.24, 2.45) is 0 Å². The molecule has 0 aliphatic rings. The van der Waals surface area contributed by atoms with E-state index in [2.05, 4.69) is 0 Å². The van der Waals surface area contributed by atoms with Crippen LogP contribution in [0.4, 0.5) is 0 Å². The van der Waals surface area contributed by atoms with E-state index in [1.165, 1.54) is 12.1 Å². The van der Waals surface area contributed by atoms with Crippen LogP contribution in [0.25, 0.3) is 0 Å². The van der Waals surface area contributed by atoms with Crippen LogP contribution in [0.1, 0.15) is 11.1 Å². The van der Waals surface area contributed by atoms with Gasteiger partial charge in [-0.2, -0.15) is 0 Å². The quantitative estimate of drug-likeness (QED) is 0.671. The van der Waals surface area contributed by atoms with E-state index >= 15 is 0 Å². The predicted molar refractivity (Wildman–Crippen MR) is 62.1 cm³/mol. The molecule has 0 aliphatic carbocycles. The summed E-state index contributed by atoms with van der Waals surface area (Å²) < 4.78 is 0. The van der Waals surface area contributed by atoms with Gasteiger partial charge in [0.2, 0.25) is 0 Å². The first-order valence-corrected chi connectivity index (χ1v) is 4.85. The summed E-state index contributed by atoms with van der Waals surface area (Å²) in [4.78, 5) is 0. The molecule has 3 N–H and O–H groups in total. The van der Waals surface area contributed by atoms with Crippen molar-refractivity contribution >= 4 is 5.71 Å². The van der Waals surface area contributed by atoms with Gasteiger partial charge < -0.3 is 10.2 Å². The lowest BCUT2D eigenvalue weighted by Gasteiger charge is -2.07. The Morgan fingerprint density at radius 3 is 1.50 bits per heavy atom. The van der Waals surface area contributed by atoms with E-state index in [0.29, 0.717) is 11.1 Å². The van der Waals surface area contributed by atoms with E-state index in [1.807, 2.05) is 0 Å². The minimum Gasteiger partial charge on any atom is -0.507 e. The zero-order chi connectivity index (χ0) is 11.5. The van der Waals surface area contributed by atoms with E-state index < -0.39 is 0 Å². The molecular weight excluding hydrogens is 202 g/mol. The van der Waals surface area contributed by atoms with Crippen LogP contribution >= 0.6 is 0 Å². The van der Waals surface area contributed by atoms with Crippen LogP contribution in [0.5, 0.6) is 11.5 Å². The van der Waals surface area contributed by atoms with Crippen molar-refractivity contribution in [3.8, 4) is 11.5 Å². The minimum absolute atomic E-state index is 0.0377. The van der Waals surface area contributed by atoms with E-state index in [-0.39, 0.29) is 17.2 Å². The van der Waals surface area contributed by atoms with Gasteiger partial charge in [0.1, 0.15) is 11.5 Å². The second-order valence-corrected chi connectivity index (χ2v) is 3.41. The number of hydrogen-bond acceptors (Lipinski definition) is 3. The van der Waals surface area contributed by atoms with Crippen LogP contribution in [-0.4, -0.2) is 15.9 Å². The molecule has 0 saturated heterocycles. The molecule has 2 aromatic carbocycles. The third-order valence-corrected chi connectivity index (χ3v) is 2.35. The highest BCUT2D eigenvalue weighted by molar-refractivity contribution is 6.13. The predicted octanol–water partition coefficient (Wildman–Crippen LogP) is 2.51. The van der Waals surface area contributed by atoms with Crippen LogP contribution in [0.3, 0.4) is 0 Å². The van der Waals surface area contributed by atoms with E-state index in [1.54, 1.807) is 36.4 Å². The second kappa shape index (κ2) is 4.06. The molecule has 0 saturated carbocycles. The van der Waals surface area contributed by atoms with Gasteiger partial charge in [0.15, 0.2) is 0 Å². The minimum atomic E-state index is 0.0377. The molecule has 0 bridgehead atoms. The fourth-order valence-electron chi connectivity index (χ4n) is 1.52. The SMILES string of the molecule is N=C(c1ccccc1O)c1ccccc1O. The monoisotopic (exact) mass is 213 g/mol. The maximum absolute atomic E-state index is 9.61. The first-order chi connectivity index (χ1) is 7.70. The molecule has 2 aromatic rings. The van der Waals surface area contributed by atoms with Crippen LogP contribution in [-0.2, 0) is 0 Å². The van der Waals surface area contributed by atoms with Gasteiger partial charge in [-0.3, -0.25) is 5.41 Å². The molecule has 0 atom stereocenters. The first kappa shape index (κ1) is 10.2.